The lowest BCUT2D eigenvalue weighted by Crippen LogP contribution is -2.16. The van der Waals surface area contributed by atoms with E-state index >= 15 is 0 Å². The lowest BCUT2D eigenvalue weighted by molar-refractivity contribution is 0.609. The van der Waals surface area contributed by atoms with Gasteiger partial charge in [-0.25, -0.2) is 12.8 Å². The minimum atomic E-state index is -3.70. The van der Waals surface area contributed by atoms with Crippen LogP contribution in [-0.2, 0) is 23.5 Å². The van der Waals surface area contributed by atoms with Crippen LogP contribution in [0.4, 0.5) is 10.1 Å². The molecule has 0 aliphatic carbocycles. The number of fused-ring (bicyclic) bond motifs is 1. The van der Waals surface area contributed by atoms with E-state index in [0.717, 1.165) is 44.2 Å². The van der Waals surface area contributed by atoms with Crippen molar-refractivity contribution in [3.8, 4) is 11.1 Å². The number of benzene rings is 3. The summed E-state index contributed by atoms with van der Waals surface area (Å²) in [6.45, 7) is 7.10. The third-order valence-electron chi connectivity index (χ3n) is 6.00. The van der Waals surface area contributed by atoms with Gasteiger partial charge in [-0.1, -0.05) is 30.8 Å². The summed E-state index contributed by atoms with van der Waals surface area (Å²) in [4.78, 5) is 12.7. The van der Waals surface area contributed by atoms with Gasteiger partial charge in [0.05, 0.1) is 0 Å². The molecular weight excluding hydrogens is 451 g/mol. The van der Waals surface area contributed by atoms with Crippen molar-refractivity contribution < 1.29 is 12.8 Å². The zero-order valence-electron chi connectivity index (χ0n) is 19.2. The first-order chi connectivity index (χ1) is 16.1. The molecule has 7 heteroatoms. The monoisotopic (exact) mass is 476 g/mol. The van der Waals surface area contributed by atoms with Crippen molar-refractivity contribution in [3.63, 3.8) is 0 Å². The van der Waals surface area contributed by atoms with E-state index in [9.17, 15) is 17.6 Å². The molecule has 0 unspecified atom stereocenters. The molecule has 0 saturated carbocycles. The smallest absolute Gasteiger partial charge is 0.258 e. The van der Waals surface area contributed by atoms with Crippen molar-refractivity contribution in [2.24, 2.45) is 7.05 Å². The highest BCUT2D eigenvalue weighted by atomic mass is 32.2. The van der Waals surface area contributed by atoms with Gasteiger partial charge in [-0.05, 0) is 83.8 Å². The van der Waals surface area contributed by atoms with Gasteiger partial charge >= 0.3 is 0 Å². The molecule has 4 aromatic rings. The van der Waals surface area contributed by atoms with E-state index in [1.165, 1.54) is 16.7 Å². The summed E-state index contributed by atoms with van der Waals surface area (Å²) >= 11 is 0. The number of pyridine rings is 1. The van der Waals surface area contributed by atoms with Crippen molar-refractivity contribution in [3.05, 3.63) is 111 Å². The second kappa shape index (κ2) is 8.91. The summed E-state index contributed by atoms with van der Waals surface area (Å²) in [6, 6.07) is 15.7. The molecule has 0 radical (unpaired) electrons. The van der Waals surface area contributed by atoms with E-state index in [2.05, 4.69) is 11.3 Å². The molecule has 1 N–H and O–H groups in total. The highest BCUT2D eigenvalue weighted by Gasteiger charge is 2.16. The number of halogens is 1. The predicted molar refractivity (Wildman–Crippen MR) is 136 cm³/mol. The van der Waals surface area contributed by atoms with Gasteiger partial charge < -0.3 is 4.57 Å². The third-order valence-corrected chi connectivity index (χ3v) is 6.96. The van der Waals surface area contributed by atoms with Crippen molar-refractivity contribution >= 4 is 26.5 Å². The molecule has 0 fully saturated rings. The SMILES string of the molecule is C=CS(=O)(=O)Nc1ccc(Cc2c(C)cc(F)cc2C)c(-c2cn(C)c(=O)c3ccccc23)c1. The van der Waals surface area contributed by atoms with Gasteiger partial charge in [0.25, 0.3) is 15.6 Å². The second-order valence-electron chi connectivity index (χ2n) is 8.38. The topological polar surface area (TPSA) is 68.2 Å². The predicted octanol–water partition coefficient (Wildman–Crippen LogP) is 5.44. The van der Waals surface area contributed by atoms with Gasteiger partial charge in [0.1, 0.15) is 5.82 Å². The molecule has 0 aliphatic rings. The van der Waals surface area contributed by atoms with E-state index in [4.69, 9.17) is 0 Å². The van der Waals surface area contributed by atoms with Crippen molar-refractivity contribution in [1.82, 2.24) is 4.57 Å². The van der Waals surface area contributed by atoms with Crippen LogP contribution in [-0.4, -0.2) is 13.0 Å². The Kier molecular flexibility index (Phi) is 6.15. The fraction of sp³-hybridized carbons (Fsp3) is 0.148. The van der Waals surface area contributed by atoms with Crippen LogP contribution >= 0.6 is 0 Å². The van der Waals surface area contributed by atoms with Crippen LogP contribution in [0.5, 0.6) is 0 Å². The average molecular weight is 477 g/mol. The summed E-state index contributed by atoms with van der Waals surface area (Å²) in [6.07, 6.45) is 2.28. The maximum atomic E-state index is 13.9. The molecule has 174 valence electrons. The summed E-state index contributed by atoms with van der Waals surface area (Å²) in [7, 11) is -2.01. The Bertz CT molecular complexity index is 1580. The number of hydrogen-bond donors (Lipinski definition) is 1. The Balaban J connectivity index is 1.98. The molecule has 5 nitrogen and oxygen atoms in total. The largest absolute Gasteiger partial charge is 0.317 e. The Hall–Kier alpha value is -3.71. The Morgan fingerprint density at radius 3 is 2.29 bits per heavy atom. The maximum Gasteiger partial charge on any atom is 0.258 e. The molecule has 3 aromatic carbocycles. The van der Waals surface area contributed by atoms with Gasteiger partial charge in [0.15, 0.2) is 0 Å². The van der Waals surface area contributed by atoms with Crippen LogP contribution in [0, 0.1) is 19.7 Å². The molecule has 0 aliphatic heterocycles. The molecule has 1 heterocycles. The molecule has 0 bridgehead atoms. The second-order valence-corrected chi connectivity index (χ2v) is 10.0. The summed E-state index contributed by atoms with van der Waals surface area (Å²) in [5, 5.41) is 2.19. The van der Waals surface area contributed by atoms with Gasteiger partial charge in [-0.2, -0.15) is 0 Å². The molecule has 0 amide bonds. The van der Waals surface area contributed by atoms with Gasteiger partial charge in [-0.15, -0.1) is 0 Å². The van der Waals surface area contributed by atoms with E-state index in [1.54, 1.807) is 31.4 Å². The number of rotatable bonds is 6. The lowest BCUT2D eigenvalue weighted by atomic mass is 9.89. The molecule has 1 aromatic heterocycles. The summed E-state index contributed by atoms with van der Waals surface area (Å²) in [5.41, 5.74) is 5.43. The van der Waals surface area contributed by atoms with Gasteiger partial charge in [0, 0.05) is 35.3 Å². The highest BCUT2D eigenvalue weighted by molar-refractivity contribution is 7.95. The Morgan fingerprint density at radius 1 is 1.00 bits per heavy atom. The fourth-order valence-electron chi connectivity index (χ4n) is 4.29. The fourth-order valence-corrected chi connectivity index (χ4v) is 4.83. The van der Waals surface area contributed by atoms with Crippen LogP contribution < -0.4 is 10.3 Å². The number of sulfonamides is 1. The summed E-state index contributed by atoms with van der Waals surface area (Å²) < 4.78 is 42.1. The quantitative estimate of drug-likeness (QED) is 0.403. The number of hydrogen-bond acceptors (Lipinski definition) is 3. The Morgan fingerprint density at radius 2 is 1.65 bits per heavy atom. The summed E-state index contributed by atoms with van der Waals surface area (Å²) in [5.74, 6) is -0.280. The molecule has 0 saturated heterocycles. The Labute approximate surface area is 198 Å². The first kappa shape index (κ1) is 23.4. The van der Waals surface area contributed by atoms with Crippen molar-refractivity contribution in [2.75, 3.05) is 4.72 Å². The number of aromatic nitrogens is 1. The first-order valence-corrected chi connectivity index (χ1v) is 12.3. The number of aryl methyl sites for hydroxylation is 3. The van der Waals surface area contributed by atoms with E-state index in [0.29, 0.717) is 17.5 Å². The number of nitrogens with one attached hydrogen (secondary N) is 1. The zero-order valence-corrected chi connectivity index (χ0v) is 20.0. The first-order valence-electron chi connectivity index (χ1n) is 10.7. The minimum absolute atomic E-state index is 0.116. The van der Waals surface area contributed by atoms with E-state index in [-0.39, 0.29) is 11.4 Å². The van der Waals surface area contributed by atoms with Crippen LogP contribution in [0.2, 0.25) is 0 Å². The van der Waals surface area contributed by atoms with E-state index < -0.39 is 10.0 Å². The number of nitrogens with zero attached hydrogens (tertiary/aromatic N) is 1. The maximum absolute atomic E-state index is 13.9. The lowest BCUT2D eigenvalue weighted by Gasteiger charge is -2.18. The third kappa shape index (κ3) is 4.52. The average Bonchev–Trinajstić information content (AvgIpc) is 2.79. The standard InChI is InChI=1S/C27H25FN2O3S/c1-5-34(32,33)29-21-11-10-19(14-24-17(2)12-20(28)13-18(24)3)25(15-21)26-16-30(4)27(31)23-9-7-6-8-22(23)26/h5-13,15-16,29H,1,14H2,2-4H3. The van der Waals surface area contributed by atoms with Gasteiger partial charge in [-0.3, -0.25) is 9.52 Å². The molecule has 0 spiro atoms. The molecular formula is C27H25FN2O3S. The van der Waals surface area contributed by atoms with Gasteiger partial charge in [0.2, 0.25) is 0 Å². The van der Waals surface area contributed by atoms with Crippen LogP contribution in [0.25, 0.3) is 21.9 Å². The molecule has 4 rings (SSSR count). The van der Waals surface area contributed by atoms with Crippen LogP contribution in [0.3, 0.4) is 0 Å². The van der Waals surface area contributed by atoms with Crippen LogP contribution in [0.1, 0.15) is 22.3 Å². The van der Waals surface area contributed by atoms with E-state index in [1.807, 2.05) is 38.1 Å². The normalized spacial score (nSPS) is 11.5. The molecule has 0 atom stereocenters. The van der Waals surface area contributed by atoms with Crippen molar-refractivity contribution in [2.45, 2.75) is 20.3 Å². The molecule has 34 heavy (non-hydrogen) atoms. The minimum Gasteiger partial charge on any atom is -0.317 e. The van der Waals surface area contributed by atoms with Crippen molar-refractivity contribution in [1.29, 1.82) is 0 Å². The van der Waals surface area contributed by atoms with Crippen LogP contribution in [0.15, 0.2) is 77.6 Å². The number of anilines is 1. The highest BCUT2D eigenvalue weighted by Crippen LogP contribution is 2.34. The zero-order chi connectivity index (χ0) is 24.6.